The average molecular weight is 362 g/mol. The van der Waals surface area contributed by atoms with Crippen molar-refractivity contribution >= 4 is 19.2 Å². The smallest absolute Gasteiger partial charge is 0.343 e. The molecule has 0 saturated carbocycles. The molecule has 2 saturated heterocycles. The predicted octanol–water partition coefficient (Wildman–Crippen LogP) is 0.0390. The van der Waals surface area contributed by atoms with Crippen LogP contribution in [-0.2, 0) is 10.1 Å². The fourth-order valence-electron chi connectivity index (χ4n) is 3.26. The fraction of sp³-hybridized carbons (Fsp3) is 0.529. The summed E-state index contributed by atoms with van der Waals surface area (Å²) in [6, 6.07) is 3.32. The molecule has 0 radical (unpaired) electrons. The summed E-state index contributed by atoms with van der Waals surface area (Å²) in [6.45, 7) is 4.50. The second kappa shape index (κ2) is 6.17. The van der Waals surface area contributed by atoms with Gasteiger partial charge in [-0.25, -0.2) is 4.79 Å². The van der Waals surface area contributed by atoms with E-state index in [-0.39, 0.29) is 35.0 Å². The van der Waals surface area contributed by atoms with Crippen molar-refractivity contribution in [2.75, 3.05) is 19.6 Å². The second-order valence-corrected chi connectivity index (χ2v) is 7.86. The monoisotopic (exact) mass is 362 g/mol. The summed E-state index contributed by atoms with van der Waals surface area (Å²) in [6.07, 6.45) is 0.637. The van der Waals surface area contributed by atoms with Gasteiger partial charge in [-0.3, -0.25) is 9.69 Å². The minimum absolute atomic E-state index is 0.126. The first-order valence-electron chi connectivity index (χ1n) is 8.54. The normalized spacial score (nSPS) is 24.9. The molecule has 9 heteroatoms. The number of carboxylic acids is 2. The summed E-state index contributed by atoms with van der Waals surface area (Å²) in [5.41, 5.74) is 4.79. The number of carboxylic acid groups (broad SMARTS) is 2. The van der Waals surface area contributed by atoms with Crippen LogP contribution in [0.2, 0.25) is 6.32 Å². The summed E-state index contributed by atoms with van der Waals surface area (Å²) in [5.74, 6) is -2.42. The quantitative estimate of drug-likeness (QED) is 0.500. The van der Waals surface area contributed by atoms with Crippen molar-refractivity contribution in [3.63, 3.8) is 0 Å². The Morgan fingerprint density at radius 1 is 1.42 bits per heavy atom. The number of ether oxygens (including phenoxy) is 1. The van der Waals surface area contributed by atoms with Crippen LogP contribution in [0.1, 0.15) is 29.8 Å². The zero-order valence-corrected chi connectivity index (χ0v) is 14.9. The van der Waals surface area contributed by atoms with Gasteiger partial charge in [0.25, 0.3) is 0 Å². The second-order valence-electron chi connectivity index (χ2n) is 7.86. The van der Waals surface area contributed by atoms with Gasteiger partial charge in [-0.05, 0) is 23.9 Å². The Hall–Kier alpha value is -2.26. The van der Waals surface area contributed by atoms with Crippen LogP contribution in [0.4, 0.5) is 0 Å². The van der Waals surface area contributed by atoms with E-state index >= 15 is 0 Å². The van der Waals surface area contributed by atoms with Crippen molar-refractivity contribution in [2.24, 2.45) is 5.73 Å². The van der Waals surface area contributed by atoms with E-state index in [1.807, 2.05) is 11.8 Å². The van der Waals surface area contributed by atoms with Crippen molar-refractivity contribution in [2.45, 2.75) is 37.1 Å². The summed E-state index contributed by atoms with van der Waals surface area (Å²) >= 11 is 0. The topological polar surface area (TPSA) is 133 Å². The predicted molar refractivity (Wildman–Crippen MR) is 95.5 cm³/mol. The fourth-order valence-corrected chi connectivity index (χ4v) is 3.26. The molecule has 140 valence electrons. The van der Waals surface area contributed by atoms with E-state index in [0.29, 0.717) is 18.7 Å². The Balaban J connectivity index is 1.69. The van der Waals surface area contributed by atoms with Crippen LogP contribution >= 0.6 is 0 Å². The van der Waals surface area contributed by atoms with Gasteiger partial charge in [-0.15, -0.1) is 0 Å². The SMILES string of the molecule is C[C@@](N)(CN1CC(Oc2ccc([C@]3(C)BC3)c(O)c2C(=O)O)C1)C(=O)O. The zero-order chi connectivity index (χ0) is 19.3. The van der Waals surface area contributed by atoms with E-state index in [9.17, 15) is 19.8 Å². The molecule has 1 aromatic carbocycles. The number of aromatic carboxylic acids is 1. The highest BCUT2D eigenvalue weighted by Gasteiger charge is 2.44. The van der Waals surface area contributed by atoms with Crippen LogP contribution in [0.15, 0.2) is 12.1 Å². The van der Waals surface area contributed by atoms with E-state index in [2.05, 4.69) is 0 Å². The highest BCUT2D eigenvalue weighted by molar-refractivity contribution is 6.54. The summed E-state index contributed by atoms with van der Waals surface area (Å²) in [7, 11) is 0.916. The third-order valence-corrected chi connectivity index (χ3v) is 5.26. The maximum atomic E-state index is 11.6. The Kier molecular flexibility index (Phi) is 4.40. The third kappa shape index (κ3) is 3.36. The lowest BCUT2D eigenvalue weighted by Gasteiger charge is -2.41. The number of aliphatic carboxylic acids is 1. The van der Waals surface area contributed by atoms with Crippen LogP contribution < -0.4 is 10.5 Å². The highest BCUT2D eigenvalue weighted by atomic mass is 16.5. The number of hydrogen-bond donors (Lipinski definition) is 4. The number of benzene rings is 1. The van der Waals surface area contributed by atoms with Crippen LogP contribution in [0, 0.1) is 0 Å². The molecule has 2 heterocycles. The molecule has 0 bridgehead atoms. The van der Waals surface area contributed by atoms with E-state index in [1.165, 1.54) is 6.92 Å². The van der Waals surface area contributed by atoms with Crippen molar-refractivity contribution < 1.29 is 29.6 Å². The van der Waals surface area contributed by atoms with E-state index in [0.717, 1.165) is 13.6 Å². The molecule has 2 aliphatic rings. The lowest BCUT2D eigenvalue weighted by molar-refractivity contribution is -0.144. The molecule has 1 aromatic rings. The number of phenols is 1. The molecule has 5 N–H and O–H groups in total. The molecular weight excluding hydrogens is 339 g/mol. The minimum atomic E-state index is -1.35. The first-order chi connectivity index (χ1) is 12.0. The van der Waals surface area contributed by atoms with Gasteiger partial charge in [0.05, 0.1) is 0 Å². The first-order valence-corrected chi connectivity index (χ1v) is 8.54. The van der Waals surface area contributed by atoms with E-state index in [1.54, 1.807) is 12.1 Å². The Labute approximate surface area is 151 Å². The van der Waals surface area contributed by atoms with E-state index in [4.69, 9.17) is 15.6 Å². The largest absolute Gasteiger partial charge is 0.507 e. The Morgan fingerprint density at radius 2 is 2.04 bits per heavy atom. The molecule has 2 fully saturated rings. The van der Waals surface area contributed by atoms with Crippen LogP contribution in [0.25, 0.3) is 0 Å². The van der Waals surface area contributed by atoms with E-state index < -0.39 is 17.5 Å². The molecule has 0 unspecified atom stereocenters. The van der Waals surface area contributed by atoms with Gasteiger partial charge in [-0.2, -0.15) is 0 Å². The molecule has 2 aliphatic heterocycles. The molecule has 2 atom stereocenters. The average Bonchev–Trinajstić information content (AvgIpc) is 3.22. The van der Waals surface area contributed by atoms with Crippen molar-refractivity contribution in [3.05, 3.63) is 23.3 Å². The maximum absolute atomic E-state index is 11.6. The number of hydrogen-bond acceptors (Lipinski definition) is 6. The van der Waals surface area contributed by atoms with Crippen molar-refractivity contribution in [3.8, 4) is 11.5 Å². The van der Waals surface area contributed by atoms with Crippen LogP contribution in [-0.4, -0.2) is 70.7 Å². The number of nitrogens with two attached hydrogens (primary N) is 1. The van der Waals surface area contributed by atoms with Crippen molar-refractivity contribution in [1.29, 1.82) is 0 Å². The van der Waals surface area contributed by atoms with Gasteiger partial charge in [0.2, 0.25) is 0 Å². The molecule has 0 spiro atoms. The van der Waals surface area contributed by atoms with Crippen molar-refractivity contribution in [1.82, 2.24) is 4.90 Å². The highest BCUT2D eigenvalue weighted by Crippen LogP contribution is 2.47. The number of rotatable bonds is 7. The third-order valence-electron chi connectivity index (χ3n) is 5.26. The number of nitrogens with zero attached hydrogens (tertiary/aromatic N) is 1. The van der Waals surface area contributed by atoms with Gasteiger partial charge < -0.3 is 25.8 Å². The van der Waals surface area contributed by atoms with Gasteiger partial charge in [-0.1, -0.05) is 19.3 Å². The summed E-state index contributed by atoms with van der Waals surface area (Å²) < 4.78 is 5.75. The van der Waals surface area contributed by atoms with Gasteiger partial charge >= 0.3 is 11.9 Å². The number of likely N-dealkylation sites (tertiary alicyclic amines) is 1. The molecule has 26 heavy (non-hydrogen) atoms. The standard InChI is InChI=1S/C17H23BN2O6/c1-16(7-18-16)10-3-4-11(12(13(10)21)14(22)23)26-9-5-20(6-9)8-17(2,19)15(24)25/h3-4,9,18,21H,5-8,19H2,1-2H3,(H,22,23)(H,24,25)/t16-,17-/m1/s1. The van der Waals surface area contributed by atoms with Gasteiger partial charge in [0.1, 0.15) is 36.0 Å². The molecule has 0 aromatic heterocycles. The lowest BCUT2D eigenvalue weighted by Crippen LogP contribution is -2.62. The van der Waals surface area contributed by atoms with Gasteiger partial charge in [0, 0.05) is 19.6 Å². The number of carbonyl (C=O) groups is 2. The summed E-state index contributed by atoms with van der Waals surface area (Å²) in [5, 5.41) is 28.8. The maximum Gasteiger partial charge on any atom is 0.343 e. The Bertz CT molecular complexity index is 756. The molecule has 0 amide bonds. The molecular formula is C17H23BN2O6. The lowest BCUT2D eigenvalue weighted by atomic mass is 9.81. The zero-order valence-electron chi connectivity index (χ0n) is 14.9. The number of aromatic hydroxyl groups is 1. The molecule has 8 nitrogen and oxygen atoms in total. The van der Waals surface area contributed by atoms with Crippen LogP contribution in [0.3, 0.4) is 0 Å². The summed E-state index contributed by atoms with van der Waals surface area (Å²) in [4.78, 5) is 24.5. The van der Waals surface area contributed by atoms with Crippen LogP contribution in [0.5, 0.6) is 11.5 Å². The molecule has 0 aliphatic carbocycles. The first kappa shape index (κ1) is 18.5. The van der Waals surface area contributed by atoms with Gasteiger partial charge in [0.15, 0.2) is 0 Å². The molecule has 3 rings (SSSR count). The Morgan fingerprint density at radius 3 is 2.54 bits per heavy atom. The minimum Gasteiger partial charge on any atom is -0.507 e.